The first kappa shape index (κ1) is 91.6. The molecule has 8 nitrogen and oxygen atoms in total. The Morgan fingerprint density at radius 2 is 0.895 bits per heavy atom. The van der Waals surface area contributed by atoms with E-state index >= 15 is 0 Å². The van der Waals surface area contributed by atoms with E-state index in [4.69, 9.17) is 30.1 Å². The van der Waals surface area contributed by atoms with E-state index in [2.05, 4.69) is 0 Å². The normalized spacial score (nSPS) is 3.26. The summed E-state index contributed by atoms with van der Waals surface area (Å²) in [7, 11) is 1.78. The van der Waals surface area contributed by atoms with E-state index in [1.54, 1.807) is 0 Å². The van der Waals surface area contributed by atoms with E-state index in [-0.39, 0.29) is 112 Å². The maximum absolute atomic E-state index is 8.81. The van der Waals surface area contributed by atoms with Crippen molar-refractivity contribution in [3.8, 4) is 0 Å². The number of nitro groups is 2. The van der Waals surface area contributed by atoms with Gasteiger partial charge in [0.25, 0.3) is 0 Å². The second kappa shape index (κ2) is 99.7. The molecule has 12 heteroatoms. The zero-order valence-corrected chi connectivity index (χ0v) is 16.9. The molecule has 0 aliphatic heterocycles. The van der Waals surface area contributed by atoms with Gasteiger partial charge in [-0.25, -0.2) is 0 Å². The zero-order chi connectivity index (χ0) is 9.86. The SMILES string of the molecule is C.C[N+](=O)[O-].C[N+](=O)[O-].O=[C-]O.[B].[B].[CH3-].[CH3-].[CH3-].[Y].[Y]. The second-order valence-corrected chi connectivity index (χ2v) is 0.971. The van der Waals surface area contributed by atoms with E-state index in [1.165, 1.54) is 0 Å². The Balaban J connectivity index is -0.00000000467. The van der Waals surface area contributed by atoms with E-state index in [9.17, 15) is 0 Å². The smallest absolute Gasteiger partial charge is 0.194 e. The Labute approximate surface area is 171 Å². The molecule has 0 fully saturated rings. The fourth-order valence-corrected chi connectivity index (χ4v) is 0. The third kappa shape index (κ3) is 13900. The molecule has 19 heavy (non-hydrogen) atoms. The molecule has 0 aromatic rings. The van der Waals surface area contributed by atoms with Crippen LogP contribution in [-0.2, 0) is 70.2 Å². The van der Waals surface area contributed by atoms with E-state index in [1.807, 2.05) is 0 Å². The molecule has 0 saturated carbocycles. The average molecular weight is 428 g/mol. The minimum absolute atomic E-state index is 0. The summed E-state index contributed by atoms with van der Waals surface area (Å²) in [5.74, 6) is 0. The third-order valence-electron chi connectivity index (χ3n) is 0. The van der Waals surface area contributed by atoms with Gasteiger partial charge in [-0.15, -0.1) is 0 Å². The molecular weight excluding hydrogens is 408 g/mol. The van der Waals surface area contributed by atoms with Gasteiger partial charge >= 0.3 is 0 Å². The molecule has 0 heterocycles. The molecule has 0 aromatic heterocycles. The van der Waals surface area contributed by atoms with Crippen molar-refractivity contribution in [2.45, 2.75) is 7.43 Å². The Kier molecular flexibility index (Phi) is 481. The maximum atomic E-state index is 8.81. The summed E-state index contributed by atoms with van der Waals surface area (Å²) in [6, 6.07) is 0. The van der Waals surface area contributed by atoms with Gasteiger partial charge in [0.15, 0.2) is 14.1 Å². The van der Waals surface area contributed by atoms with Gasteiger partial charge < -0.3 is 32.2 Å². The topological polar surface area (TPSA) is 124 Å². The summed E-state index contributed by atoms with van der Waals surface area (Å²) in [5.41, 5.74) is 0. The van der Waals surface area contributed by atoms with E-state index in [0.29, 0.717) is 6.47 Å². The van der Waals surface area contributed by atoms with Gasteiger partial charge in [0.05, 0.1) is 0 Å². The van der Waals surface area contributed by atoms with Crippen LogP contribution in [-0.4, -0.2) is 52.3 Å². The van der Waals surface area contributed by atoms with Gasteiger partial charge in [-0.05, 0) is 0 Å². The van der Waals surface area contributed by atoms with Crippen molar-refractivity contribution >= 4 is 23.3 Å². The molecular formula is C7H20B2N2O6Y2-4. The quantitative estimate of drug-likeness (QED) is 0.261. The first-order valence-electron chi connectivity index (χ1n) is 2.05. The summed E-state index contributed by atoms with van der Waals surface area (Å²) in [5, 5.41) is 24.4. The fourth-order valence-electron chi connectivity index (χ4n) is 0. The summed E-state index contributed by atoms with van der Waals surface area (Å²) in [6.45, 7) is 0.500. The summed E-state index contributed by atoms with van der Waals surface area (Å²) in [6.07, 6.45) is 0. The van der Waals surface area contributed by atoms with Crippen molar-refractivity contribution in [1.82, 2.24) is 0 Å². The second-order valence-electron chi connectivity index (χ2n) is 0.971. The van der Waals surface area contributed by atoms with Crippen molar-refractivity contribution in [3.05, 3.63) is 42.5 Å². The number of hydrogen-bond donors (Lipinski definition) is 1. The van der Waals surface area contributed by atoms with Crippen molar-refractivity contribution < 1.29 is 85.2 Å². The molecule has 0 spiro atoms. The molecule has 0 atom stereocenters. The molecule has 0 rings (SSSR count). The van der Waals surface area contributed by atoms with Crippen molar-refractivity contribution in [3.63, 3.8) is 0 Å². The monoisotopic (exact) mass is 428 g/mol. The first-order valence-corrected chi connectivity index (χ1v) is 2.05. The van der Waals surface area contributed by atoms with Gasteiger partial charge in [0.2, 0.25) is 0 Å². The molecule has 0 bridgehead atoms. The number of aliphatic hydroxyl groups excluding tert-OH is 1. The number of rotatable bonds is 0. The molecule has 8 radical (unpaired) electrons. The zero-order valence-electron chi connectivity index (χ0n) is 11.2. The molecule has 1 N–H and O–H groups in total. The van der Waals surface area contributed by atoms with Crippen LogP contribution in [0.3, 0.4) is 0 Å². The van der Waals surface area contributed by atoms with Gasteiger partial charge in [-0.1, -0.05) is 13.9 Å². The van der Waals surface area contributed by atoms with Gasteiger partial charge in [0.1, 0.15) is 0 Å². The van der Waals surface area contributed by atoms with Crippen molar-refractivity contribution in [2.24, 2.45) is 0 Å². The largest absolute Gasteiger partial charge is 0.665 e. The molecule has 0 aromatic carbocycles. The Bertz CT molecular complexity index is 127. The predicted molar refractivity (Wildman–Crippen MR) is 71.6 cm³/mol. The Hall–Kier alpha value is 0.608. The van der Waals surface area contributed by atoms with E-state index in [0.717, 1.165) is 14.1 Å². The Morgan fingerprint density at radius 3 is 0.895 bits per heavy atom. The maximum Gasteiger partial charge on any atom is 0.194 e. The molecule has 0 aliphatic rings. The first-order chi connectivity index (χ1) is 4.88. The molecule has 0 unspecified atom stereocenters. The standard InChI is InChI=1S/2CH3NO2.CHO2.CH4.3CH3.2B.2Y/c2*1-2(3)4;2-1-3;;;;;;;;/h2*1H3;(H,2,3);1H4;3*1H3;;;;/q;;-1;;3*-1;;;;. The fraction of sp³-hybridized carbons (Fsp3) is 0.429. The van der Waals surface area contributed by atoms with Crippen LogP contribution in [0.4, 0.5) is 0 Å². The van der Waals surface area contributed by atoms with Crippen LogP contribution in [0, 0.1) is 42.5 Å². The van der Waals surface area contributed by atoms with Crippen molar-refractivity contribution in [1.29, 1.82) is 0 Å². The summed E-state index contributed by atoms with van der Waals surface area (Å²) >= 11 is 0. The van der Waals surface area contributed by atoms with Crippen LogP contribution in [0.25, 0.3) is 0 Å². The third-order valence-corrected chi connectivity index (χ3v) is 0. The van der Waals surface area contributed by atoms with Gasteiger partial charge in [-0.2, -0.15) is 0 Å². The van der Waals surface area contributed by atoms with Gasteiger partial charge in [0, 0.05) is 92.1 Å². The van der Waals surface area contributed by atoms with Crippen LogP contribution < -0.4 is 0 Å². The number of nitrogens with zero attached hydrogens (tertiary/aromatic N) is 2. The molecule has 0 amide bonds. The number of hydrogen-bond acceptors (Lipinski definition) is 5. The van der Waals surface area contributed by atoms with Crippen LogP contribution >= 0.6 is 0 Å². The molecule has 0 aliphatic carbocycles. The van der Waals surface area contributed by atoms with Crippen LogP contribution in [0.5, 0.6) is 0 Å². The average Bonchev–Trinajstić information content (AvgIpc) is 1.60. The minimum atomic E-state index is -0.500. The van der Waals surface area contributed by atoms with Crippen LogP contribution in [0.2, 0.25) is 0 Å². The minimum Gasteiger partial charge on any atom is -0.665 e. The predicted octanol–water partition coefficient (Wildman–Crippen LogP) is 0.618. The molecule has 0 saturated heterocycles. The van der Waals surface area contributed by atoms with E-state index < -0.39 is 9.85 Å². The van der Waals surface area contributed by atoms with Crippen molar-refractivity contribution in [2.75, 3.05) is 14.1 Å². The molecule has 110 valence electrons. The Morgan fingerprint density at radius 1 is 0.895 bits per heavy atom. The van der Waals surface area contributed by atoms with Crippen LogP contribution in [0.1, 0.15) is 7.43 Å². The van der Waals surface area contributed by atoms with Crippen LogP contribution in [0.15, 0.2) is 0 Å². The van der Waals surface area contributed by atoms with Gasteiger partial charge in [-0.3, -0.25) is 20.2 Å². The summed E-state index contributed by atoms with van der Waals surface area (Å²) < 4.78 is 0. The summed E-state index contributed by atoms with van der Waals surface area (Å²) in [4.78, 5) is 24.8.